The van der Waals surface area contributed by atoms with E-state index in [4.69, 9.17) is 9.47 Å². The first kappa shape index (κ1) is 17.2. The molecule has 3 amide bonds. The largest absolute Gasteiger partial charge is 0.376 e. The highest BCUT2D eigenvalue weighted by Crippen LogP contribution is 2.31. The summed E-state index contributed by atoms with van der Waals surface area (Å²) >= 11 is 1.58. The Bertz CT molecular complexity index is 633. The Morgan fingerprint density at radius 3 is 2.79 bits per heavy atom. The summed E-state index contributed by atoms with van der Waals surface area (Å²) in [6.07, 6.45) is 0. The van der Waals surface area contributed by atoms with E-state index in [9.17, 15) is 9.59 Å². The predicted molar refractivity (Wildman–Crippen MR) is 91.6 cm³/mol. The van der Waals surface area contributed by atoms with Crippen molar-refractivity contribution in [1.29, 1.82) is 0 Å². The Hall–Kier alpha value is -1.64. The smallest absolute Gasteiger partial charge is 0.319 e. The number of carbonyl (C=O) groups excluding carboxylic acids is 2. The van der Waals surface area contributed by atoms with Gasteiger partial charge in [0.1, 0.15) is 12.2 Å². The van der Waals surface area contributed by atoms with Crippen LogP contribution in [0.4, 0.5) is 9.80 Å². The SMILES string of the molecule is Cc1ccc(N2C[C@@]3(COCCN(C(=O)N(C)C)C3)OCC2=O)s1. The van der Waals surface area contributed by atoms with Crippen LogP contribution in [-0.2, 0) is 14.3 Å². The number of aryl methyl sites for hydroxylation is 1. The number of hydrogen-bond acceptors (Lipinski definition) is 5. The standard InChI is InChI=1S/C16H23N3O4S/c1-12-4-5-14(24-12)19-10-16(23-8-13(19)20)9-18(6-7-22-11-16)15(21)17(2)3/h4-5H,6-11H2,1-3H3/t16-/m0/s1. The van der Waals surface area contributed by atoms with Crippen molar-refractivity contribution in [2.24, 2.45) is 0 Å². The molecule has 2 fully saturated rings. The van der Waals surface area contributed by atoms with Crippen LogP contribution in [0, 0.1) is 6.92 Å². The molecule has 132 valence electrons. The van der Waals surface area contributed by atoms with Crippen LogP contribution in [-0.4, -0.2) is 80.9 Å². The third kappa shape index (κ3) is 3.40. The van der Waals surface area contributed by atoms with Crippen LogP contribution in [0.1, 0.15) is 4.88 Å². The number of nitrogens with zero attached hydrogens (tertiary/aromatic N) is 3. The number of morpholine rings is 1. The zero-order valence-electron chi connectivity index (χ0n) is 14.3. The summed E-state index contributed by atoms with van der Waals surface area (Å²) in [5.41, 5.74) is -0.687. The molecule has 0 saturated carbocycles. The van der Waals surface area contributed by atoms with Crippen molar-refractivity contribution in [1.82, 2.24) is 9.80 Å². The molecule has 0 N–H and O–H groups in total. The minimum atomic E-state index is -0.687. The molecule has 24 heavy (non-hydrogen) atoms. The maximum atomic E-state index is 12.4. The van der Waals surface area contributed by atoms with Gasteiger partial charge < -0.3 is 19.3 Å². The molecule has 3 heterocycles. The summed E-state index contributed by atoms with van der Waals surface area (Å²) in [4.78, 5) is 30.9. The summed E-state index contributed by atoms with van der Waals surface area (Å²) in [7, 11) is 3.46. The normalized spacial score (nSPS) is 25.0. The van der Waals surface area contributed by atoms with Gasteiger partial charge in [-0.2, -0.15) is 0 Å². The summed E-state index contributed by atoms with van der Waals surface area (Å²) in [6, 6.07) is 3.89. The van der Waals surface area contributed by atoms with Crippen LogP contribution in [0.15, 0.2) is 12.1 Å². The Kier molecular flexibility index (Phi) is 4.80. The first-order chi connectivity index (χ1) is 11.4. The maximum Gasteiger partial charge on any atom is 0.319 e. The van der Waals surface area contributed by atoms with E-state index >= 15 is 0 Å². The zero-order chi connectivity index (χ0) is 17.3. The van der Waals surface area contributed by atoms with E-state index in [-0.39, 0.29) is 18.5 Å². The summed E-state index contributed by atoms with van der Waals surface area (Å²) in [5.74, 6) is -0.0581. The van der Waals surface area contributed by atoms with Crippen molar-refractivity contribution in [3.63, 3.8) is 0 Å². The zero-order valence-corrected chi connectivity index (χ0v) is 15.1. The molecule has 0 aromatic carbocycles. The lowest BCUT2D eigenvalue weighted by molar-refractivity contribution is -0.145. The highest BCUT2D eigenvalue weighted by atomic mass is 32.1. The number of amides is 3. The van der Waals surface area contributed by atoms with Crippen molar-refractivity contribution in [2.75, 3.05) is 58.5 Å². The van der Waals surface area contributed by atoms with Gasteiger partial charge in [0, 0.05) is 25.5 Å². The van der Waals surface area contributed by atoms with Gasteiger partial charge in [0.25, 0.3) is 5.91 Å². The second-order valence-electron chi connectivity index (χ2n) is 6.49. The lowest BCUT2D eigenvalue weighted by Gasteiger charge is -2.42. The van der Waals surface area contributed by atoms with Gasteiger partial charge in [0.15, 0.2) is 0 Å². The Morgan fingerprint density at radius 2 is 2.12 bits per heavy atom. The molecule has 7 nitrogen and oxygen atoms in total. The Morgan fingerprint density at radius 1 is 1.33 bits per heavy atom. The number of anilines is 1. The number of hydrogen-bond donors (Lipinski definition) is 0. The van der Waals surface area contributed by atoms with Crippen LogP contribution < -0.4 is 4.90 Å². The molecular formula is C16H23N3O4S. The van der Waals surface area contributed by atoms with Gasteiger partial charge in [0.05, 0.1) is 31.3 Å². The van der Waals surface area contributed by atoms with E-state index < -0.39 is 5.60 Å². The first-order valence-corrected chi connectivity index (χ1v) is 8.77. The van der Waals surface area contributed by atoms with E-state index in [2.05, 4.69) is 0 Å². The topological polar surface area (TPSA) is 62.3 Å². The molecule has 1 aromatic rings. The van der Waals surface area contributed by atoms with E-state index in [1.807, 2.05) is 19.1 Å². The molecule has 1 aromatic heterocycles. The summed E-state index contributed by atoms with van der Waals surface area (Å²) < 4.78 is 11.6. The Labute approximate surface area is 145 Å². The molecule has 2 saturated heterocycles. The fourth-order valence-corrected chi connectivity index (χ4v) is 3.90. The molecule has 0 unspecified atom stereocenters. The molecule has 1 spiro atoms. The molecule has 2 aliphatic rings. The average molecular weight is 353 g/mol. The number of rotatable bonds is 1. The van der Waals surface area contributed by atoms with E-state index in [1.165, 1.54) is 0 Å². The van der Waals surface area contributed by atoms with Gasteiger partial charge in [-0.15, -0.1) is 11.3 Å². The van der Waals surface area contributed by atoms with E-state index in [0.717, 1.165) is 9.88 Å². The highest BCUT2D eigenvalue weighted by Gasteiger charge is 2.44. The maximum absolute atomic E-state index is 12.4. The third-order valence-electron chi connectivity index (χ3n) is 4.24. The molecule has 0 radical (unpaired) electrons. The molecule has 0 bridgehead atoms. The van der Waals surface area contributed by atoms with Crippen molar-refractivity contribution < 1.29 is 19.1 Å². The summed E-state index contributed by atoms with van der Waals surface area (Å²) in [5, 5.41) is 0.912. The van der Waals surface area contributed by atoms with Crippen molar-refractivity contribution >= 4 is 28.3 Å². The van der Waals surface area contributed by atoms with E-state index in [1.54, 1.807) is 40.1 Å². The molecule has 8 heteroatoms. The van der Waals surface area contributed by atoms with Gasteiger partial charge in [-0.25, -0.2) is 4.79 Å². The van der Waals surface area contributed by atoms with Crippen LogP contribution in [0.3, 0.4) is 0 Å². The number of thiophene rings is 1. The lowest BCUT2D eigenvalue weighted by atomic mass is 10.0. The van der Waals surface area contributed by atoms with Gasteiger partial charge in [-0.05, 0) is 19.1 Å². The molecule has 3 rings (SSSR count). The third-order valence-corrected chi connectivity index (χ3v) is 5.27. The number of urea groups is 1. The van der Waals surface area contributed by atoms with Crippen LogP contribution in [0.2, 0.25) is 0 Å². The average Bonchev–Trinajstić information content (AvgIpc) is 2.87. The molecule has 2 aliphatic heterocycles. The lowest BCUT2D eigenvalue weighted by Crippen LogP contribution is -2.61. The van der Waals surface area contributed by atoms with Crippen molar-refractivity contribution in [3.05, 3.63) is 17.0 Å². The molecular weight excluding hydrogens is 330 g/mol. The number of ether oxygens (including phenoxy) is 2. The van der Waals surface area contributed by atoms with E-state index in [0.29, 0.717) is 32.8 Å². The summed E-state index contributed by atoms with van der Waals surface area (Å²) in [6.45, 7) is 4.19. The van der Waals surface area contributed by atoms with Crippen molar-refractivity contribution in [3.8, 4) is 0 Å². The first-order valence-electron chi connectivity index (χ1n) is 7.95. The fourth-order valence-electron chi connectivity index (χ4n) is 3.02. The highest BCUT2D eigenvalue weighted by molar-refractivity contribution is 7.16. The Balaban J connectivity index is 1.82. The minimum absolute atomic E-state index is 0.00427. The van der Waals surface area contributed by atoms with Gasteiger partial charge in [-0.1, -0.05) is 0 Å². The van der Waals surface area contributed by atoms with Crippen molar-refractivity contribution in [2.45, 2.75) is 12.5 Å². The monoisotopic (exact) mass is 353 g/mol. The second kappa shape index (κ2) is 6.70. The molecule has 0 aliphatic carbocycles. The number of carbonyl (C=O) groups is 2. The van der Waals surface area contributed by atoms with Gasteiger partial charge in [0.2, 0.25) is 0 Å². The minimum Gasteiger partial charge on any atom is -0.376 e. The van der Waals surface area contributed by atoms with Crippen LogP contribution >= 0.6 is 11.3 Å². The predicted octanol–water partition coefficient (Wildman–Crippen LogP) is 1.17. The van der Waals surface area contributed by atoms with Gasteiger partial charge >= 0.3 is 6.03 Å². The fraction of sp³-hybridized carbons (Fsp3) is 0.625. The molecule has 1 atom stereocenters. The van der Waals surface area contributed by atoms with Crippen LogP contribution in [0.5, 0.6) is 0 Å². The van der Waals surface area contributed by atoms with Gasteiger partial charge in [-0.3, -0.25) is 9.69 Å². The second-order valence-corrected chi connectivity index (χ2v) is 7.75. The quantitative estimate of drug-likeness (QED) is 0.760. The van der Waals surface area contributed by atoms with Crippen LogP contribution in [0.25, 0.3) is 0 Å².